The zero-order chi connectivity index (χ0) is 15.2. The molecule has 0 aliphatic carbocycles. The first-order valence-corrected chi connectivity index (χ1v) is 6.67. The Balaban J connectivity index is 2.06. The van der Waals surface area contributed by atoms with Gasteiger partial charge in [0.2, 0.25) is 0 Å². The minimum absolute atomic E-state index is 0.137. The molecule has 0 aromatic heterocycles. The summed E-state index contributed by atoms with van der Waals surface area (Å²) >= 11 is 0. The predicted octanol–water partition coefficient (Wildman–Crippen LogP) is 2.97. The van der Waals surface area contributed by atoms with Crippen LogP contribution in [0.25, 0.3) is 0 Å². The highest BCUT2D eigenvalue weighted by Crippen LogP contribution is 2.26. The molecule has 2 aromatic carbocycles. The third kappa shape index (κ3) is 3.75. The summed E-state index contributed by atoms with van der Waals surface area (Å²) in [7, 11) is 2.89. The van der Waals surface area contributed by atoms with Crippen molar-refractivity contribution in [3.8, 4) is 11.5 Å². The zero-order valence-corrected chi connectivity index (χ0v) is 12.1. The number of ether oxygens (including phenoxy) is 2. The van der Waals surface area contributed by atoms with E-state index in [0.717, 1.165) is 24.0 Å². The Morgan fingerprint density at radius 1 is 1.05 bits per heavy atom. The van der Waals surface area contributed by atoms with E-state index in [-0.39, 0.29) is 11.7 Å². The Labute approximate surface area is 123 Å². The normalized spacial score (nSPS) is 10.2. The van der Waals surface area contributed by atoms with Crippen molar-refractivity contribution >= 4 is 5.97 Å². The summed E-state index contributed by atoms with van der Waals surface area (Å²) in [5.41, 5.74) is 2.61. The monoisotopic (exact) mass is 286 g/mol. The van der Waals surface area contributed by atoms with Gasteiger partial charge in [-0.1, -0.05) is 18.2 Å². The Bertz CT molecular complexity index is 634. The van der Waals surface area contributed by atoms with Crippen LogP contribution in [-0.2, 0) is 17.6 Å². The van der Waals surface area contributed by atoms with Crippen LogP contribution in [0.4, 0.5) is 0 Å². The van der Waals surface area contributed by atoms with Crippen LogP contribution in [0.2, 0.25) is 0 Å². The number of carbonyl (C=O) groups is 1. The van der Waals surface area contributed by atoms with Crippen LogP contribution in [0, 0.1) is 0 Å². The number of aromatic hydroxyl groups is 1. The molecule has 0 radical (unpaired) electrons. The first kappa shape index (κ1) is 14.9. The van der Waals surface area contributed by atoms with Gasteiger partial charge in [-0.2, -0.15) is 0 Å². The molecule has 0 fully saturated rings. The maximum atomic E-state index is 11.5. The van der Waals surface area contributed by atoms with E-state index in [2.05, 4.69) is 0 Å². The van der Waals surface area contributed by atoms with Crippen LogP contribution < -0.4 is 4.74 Å². The van der Waals surface area contributed by atoms with Crippen LogP contribution >= 0.6 is 0 Å². The van der Waals surface area contributed by atoms with Crippen LogP contribution in [0.1, 0.15) is 21.5 Å². The number of phenols is 1. The van der Waals surface area contributed by atoms with Gasteiger partial charge in [0.15, 0.2) is 11.5 Å². The highest BCUT2D eigenvalue weighted by molar-refractivity contribution is 5.89. The van der Waals surface area contributed by atoms with Gasteiger partial charge in [0, 0.05) is 0 Å². The summed E-state index contributed by atoms with van der Waals surface area (Å²) in [6.45, 7) is 0. The largest absolute Gasteiger partial charge is 0.504 e. The molecule has 4 heteroatoms. The van der Waals surface area contributed by atoms with Crippen LogP contribution in [0.3, 0.4) is 0 Å². The van der Waals surface area contributed by atoms with Crippen LogP contribution in [0.15, 0.2) is 42.5 Å². The minimum atomic E-state index is -0.334. The van der Waals surface area contributed by atoms with Crippen molar-refractivity contribution in [3.63, 3.8) is 0 Å². The number of phenolic OH excluding ortho intramolecular Hbond substituents is 1. The van der Waals surface area contributed by atoms with E-state index in [9.17, 15) is 9.90 Å². The fourth-order valence-corrected chi connectivity index (χ4v) is 2.15. The first-order valence-electron chi connectivity index (χ1n) is 6.67. The zero-order valence-electron chi connectivity index (χ0n) is 12.1. The second-order valence-corrected chi connectivity index (χ2v) is 4.70. The second kappa shape index (κ2) is 6.79. The van der Waals surface area contributed by atoms with E-state index in [1.165, 1.54) is 14.2 Å². The van der Waals surface area contributed by atoms with E-state index in [1.54, 1.807) is 18.2 Å². The molecule has 0 saturated carbocycles. The molecular weight excluding hydrogens is 268 g/mol. The average Bonchev–Trinajstić information content (AvgIpc) is 2.52. The summed E-state index contributed by atoms with van der Waals surface area (Å²) in [6.07, 6.45) is 1.54. The molecule has 0 atom stereocenters. The van der Waals surface area contributed by atoms with Crippen molar-refractivity contribution < 1.29 is 19.4 Å². The van der Waals surface area contributed by atoms with E-state index in [0.29, 0.717) is 11.3 Å². The lowest BCUT2D eigenvalue weighted by Crippen LogP contribution is -2.02. The van der Waals surface area contributed by atoms with Crippen molar-refractivity contribution in [2.45, 2.75) is 12.8 Å². The molecule has 1 N–H and O–H groups in total. The number of hydrogen-bond acceptors (Lipinski definition) is 4. The van der Waals surface area contributed by atoms with Gasteiger partial charge in [-0.25, -0.2) is 4.79 Å². The van der Waals surface area contributed by atoms with Crippen LogP contribution in [-0.4, -0.2) is 25.3 Å². The molecule has 0 heterocycles. The van der Waals surface area contributed by atoms with Gasteiger partial charge in [0.25, 0.3) is 0 Å². The molecule has 2 rings (SSSR count). The number of rotatable bonds is 5. The van der Waals surface area contributed by atoms with E-state index >= 15 is 0 Å². The summed E-state index contributed by atoms with van der Waals surface area (Å²) in [4.78, 5) is 11.5. The maximum absolute atomic E-state index is 11.5. The molecule has 0 bridgehead atoms. The van der Waals surface area contributed by atoms with Crippen molar-refractivity contribution in [2.75, 3.05) is 14.2 Å². The Hall–Kier alpha value is -2.49. The number of methoxy groups -OCH3 is 2. The minimum Gasteiger partial charge on any atom is -0.504 e. The van der Waals surface area contributed by atoms with Crippen molar-refractivity contribution in [1.29, 1.82) is 0 Å². The molecular formula is C17H18O4. The van der Waals surface area contributed by atoms with Gasteiger partial charge in [-0.15, -0.1) is 0 Å². The van der Waals surface area contributed by atoms with Crippen molar-refractivity contribution in [3.05, 3.63) is 59.2 Å². The summed E-state index contributed by atoms with van der Waals surface area (Å²) in [6, 6.07) is 12.7. The Kier molecular flexibility index (Phi) is 4.82. The molecule has 0 saturated heterocycles. The molecule has 4 nitrogen and oxygen atoms in total. The summed E-state index contributed by atoms with van der Waals surface area (Å²) < 4.78 is 9.73. The number of hydrogen-bond donors (Lipinski definition) is 1. The molecule has 0 spiro atoms. The second-order valence-electron chi connectivity index (χ2n) is 4.70. The third-order valence-corrected chi connectivity index (χ3v) is 3.29. The molecule has 0 unspecified atom stereocenters. The van der Waals surface area contributed by atoms with E-state index in [1.807, 2.05) is 24.3 Å². The van der Waals surface area contributed by atoms with Gasteiger partial charge >= 0.3 is 5.97 Å². The number of esters is 1. The van der Waals surface area contributed by atoms with E-state index < -0.39 is 0 Å². The van der Waals surface area contributed by atoms with Gasteiger partial charge in [0.1, 0.15) is 0 Å². The predicted molar refractivity (Wildman–Crippen MR) is 79.8 cm³/mol. The fourth-order valence-electron chi connectivity index (χ4n) is 2.15. The molecule has 21 heavy (non-hydrogen) atoms. The number of carbonyl (C=O) groups excluding carboxylic acids is 1. The molecule has 110 valence electrons. The molecule has 0 amide bonds. The van der Waals surface area contributed by atoms with E-state index in [4.69, 9.17) is 9.47 Å². The van der Waals surface area contributed by atoms with Gasteiger partial charge < -0.3 is 14.6 Å². The molecule has 2 aromatic rings. The summed E-state index contributed by atoms with van der Waals surface area (Å²) in [5.74, 6) is 0.267. The third-order valence-electron chi connectivity index (χ3n) is 3.29. The summed E-state index contributed by atoms with van der Waals surface area (Å²) in [5, 5.41) is 9.75. The number of benzene rings is 2. The topological polar surface area (TPSA) is 55.8 Å². The standard InChI is InChI=1S/C17H18O4/c1-20-16-9-8-13(11-15(16)18)7-6-12-4-3-5-14(10-12)17(19)21-2/h3-5,8-11,18H,6-7H2,1-2H3. The van der Waals surface area contributed by atoms with Gasteiger partial charge in [-0.05, 0) is 48.2 Å². The van der Waals surface area contributed by atoms with Gasteiger partial charge in [0.05, 0.1) is 19.8 Å². The van der Waals surface area contributed by atoms with Crippen molar-refractivity contribution in [1.82, 2.24) is 0 Å². The Morgan fingerprint density at radius 3 is 2.38 bits per heavy atom. The van der Waals surface area contributed by atoms with Crippen molar-refractivity contribution in [2.24, 2.45) is 0 Å². The van der Waals surface area contributed by atoms with Gasteiger partial charge in [-0.3, -0.25) is 0 Å². The highest BCUT2D eigenvalue weighted by atomic mass is 16.5. The average molecular weight is 286 g/mol. The lowest BCUT2D eigenvalue weighted by Gasteiger charge is -2.07. The number of aryl methyl sites for hydroxylation is 2. The highest BCUT2D eigenvalue weighted by Gasteiger charge is 2.06. The first-order chi connectivity index (χ1) is 10.1. The maximum Gasteiger partial charge on any atom is 0.337 e. The smallest absolute Gasteiger partial charge is 0.337 e. The lowest BCUT2D eigenvalue weighted by molar-refractivity contribution is 0.0600. The Morgan fingerprint density at radius 2 is 1.76 bits per heavy atom. The molecule has 0 aliphatic heterocycles. The quantitative estimate of drug-likeness (QED) is 0.859. The molecule has 0 aliphatic rings. The fraction of sp³-hybridized carbons (Fsp3) is 0.235. The SMILES string of the molecule is COC(=O)c1cccc(CCc2ccc(OC)c(O)c2)c1. The van der Waals surface area contributed by atoms with Crippen LogP contribution in [0.5, 0.6) is 11.5 Å². The lowest BCUT2D eigenvalue weighted by atomic mass is 10.0.